The first kappa shape index (κ1) is 69.7. The Morgan fingerprint density at radius 3 is 0.611 bits per heavy atom. The van der Waals surface area contributed by atoms with Gasteiger partial charge in [0.15, 0.2) is 37.3 Å². The van der Waals surface area contributed by atoms with Crippen molar-refractivity contribution in [3.8, 4) is 68.6 Å². The quantitative estimate of drug-likeness (QED) is 0.102. The molecule has 6 aromatic carbocycles. The van der Waals surface area contributed by atoms with Crippen LogP contribution in [0, 0.1) is 0 Å². The molecule has 0 bridgehead atoms. The van der Waals surface area contributed by atoms with Crippen molar-refractivity contribution in [2.75, 3.05) is 56.2 Å². The molecule has 0 aromatic heterocycles. The average molecular weight is 1270 g/mol. The number of hydrogen-bond donors (Lipinski definition) is 0. The minimum atomic E-state index is -4.48. The molecule has 0 spiro atoms. The lowest BCUT2D eigenvalue weighted by molar-refractivity contribution is 0.170. The van der Waals surface area contributed by atoms with E-state index < -0.39 is 57.6 Å². The number of rotatable bonds is 13. The van der Waals surface area contributed by atoms with E-state index in [2.05, 4.69) is 215 Å². The Morgan fingerprint density at radius 1 is 0.278 bits per heavy atom. The Morgan fingerprint density at radius 2 is 0.456 bits per heavy atom. The zero-order chi connectivity index (χ0) is 67.6. The van der Waals surface area contributed by atoms with Gasteiger partial charge in [0.05, 0.1) is 42.7 Å². The van der Waals surface area contributed by atoms with Crippen molar-refractivity contribution in [1.29, 1.82) is 0 Å². The zero-order valence-electron chi connectivity index (χ0n) is 60.0. The smallest absolute Gasteiger partial charge is 0.231 e. The van der Waals surface area contributed by atoms with Gasteiger partial charge in [0.2, 0.25) is 25.1 Å². The minimum Gasteiger partial charge on any atom is -0.496 e. The van der Waals surface area contributed by atoms with Crippen LogP contribution in [0.4, 0.5) is 0 Å². The second kappa shape index (κ2) is 23.4. The molecule has 8 rings (SSSR count). The van der Waals surface area contributed by atoms with Crippen molar-refractivity contribution in [3.63, 3.8) is 0 Å². The molecular weight excluding hydrogens is 1170 g/mol. The normalized spacial score (nSPS) is 14.2. The highest BCUT2D eigenvalue weighted by atomic mass is 31.2. The van der Waals surface area contributed by atoms with Crippen LogP contribution in [-0.2, 0) is 52.5 Å². The summed E-state index contributed by atoms with van der Waals surface area (Å²) in [4.78, 5) is 0. The van der Waals surface area contributed by atoms with Gasteiger partial charge < -0.3 is 56.5 Å². The molecule has 0 fully saturated rings. The summed E-state index contributed by atoms with van der Waals surface area (Å²) >= 11 is 0. The second-order valence-corrected chi connectivity index (χ2v) is 38.1. The highest BCUT2D eigenvalue weighted by molar-refractivity contribution is 7.86. The lowest BCUT2D eigenvalue weighted by atomic mass is 9.79. The molecule has 0 amide bonds. The van der Waals surface area contributed by atoms with Crippen molar-refractivity contribution in [1.82, 2.24) is 0 Å². The number of methoxy groups -OCH3 is 6. The number of ether oxygens (including phenoxy) is 10. The van der Waals surface area contributed by atoms with Crippen LogP contribution in [0.25, 0.3) is 11.1 Å². The maximum absolute atomic E-state index is 19.3. The average Bonchev–Trinajstić information content (AvgIpc) is 0.987. The molecule has 0 N–H and O–H groups in total. The largest absolute Gasteiger partial charge is 0.496 e. The highest BCUT2D eigenvalue weighted by Gasteiger charge is 2.48. The molecule has 6 aromatic rings. The number of benzene rings is 6. The summed E-state index contributed by atoms with van der Waals surface area (Å²) in [6, 6.07) is 20.2. The topological polar surface area (TPSA) is 126 Å². The summed E-state index contributed by atoms with van der Waals surface area (Å²) in [6.45, 7) is 51.2. The fourth-order valence-electron chi connectivity index (χ4n) is 12.7. The van der Waals surface area contributed by atoms with Crippen LogP contribution >= 0.6 is 14.3 Å². The minimum absolute atomic E-state index is 0.213. The van der Waals surface area contributed by atoms with Crippen molar-refractivity contribution >= 4 is 46.1 Å². The highest BCUT2D eigenvalue weighted by Crippen LogP contribution is 2.63. The summed E-state index contributed by atoms with van der Waals surface area (Å²) in [5, 5.41) is 2.73. The molecule has 0 unspecified atom stereocenters. The maximum Gasteiger partial charge on any atom is 0.231 e. The van der Waals surface area contributed by atoms with E-state index in [1.807, 2.05) is 12.1 Å². The van der Waals surface area contributed by atoms with Crippen LogP contribution in [0.5, 0.6) is 57.5 Å². The molecular formula is C76H104O12P2. The van der Waals surface area contributed by atoms with Gasteiger partial charge >= 0.3 is 0 Å². The Labute approximate surface area is 539 Å². The maximum atomic E-state index is 19.3. The third kappa shape index (κ3) is 12.1. The van der Waals surface area contributed by atoms with Gasteiger partial charge in [-0.25, -0.2) is 0 Å². The Hall–Kier alpha value is -6.22. The van der Waals surface area contributed by atoms with Gasteiger partial charge in [-0.15, -0.1) is 0 Å². The first-order chi connectivity index (χ1) is 41.2. The van der Waals surface area contributed by atoms with Crippen LogP contribution < -0.4 is 79.2 Å². The molecule has 0 saturated carbocycles. The van der Waals surface area contributed by atoms with E-state index in [1.54, 1.807) is 42.7 Å². The molecule has 2 heterocycles. The molecule has 0 atom stereocenters. The van der Waals surface area contributed by atoms with Crippen LogP contribution in [0.2, 0.25) is 0 Å². The predicted octanol–water partition coefficient (Wildman–Crippen LogP) is 16.5. The van der Waals surface area contributed by atoms with Gasteiger partial charge in [-0.2, -0.15) is 0 Å². The Bertz CT molecular complexity index is 3320. The van der Waals surface area contributed by atoms with Crippen LogP contribution in [0.3, 0.4) is 0 Å². The molecule has 90 heavy (non-hydrogen) atoms. The lowest BCUT2D eigenvalue weighted by Crippen LogP contribution is -2.34. The molecule has 0 saturated heterocycles. The van der Waals surface area contributed by atoms with Crippen molar-refractivity contribution in [2.45, 2.75) is 209 Å². The third-order valence-corrected chi connectivity index (χ3v) is 23.6. The molecule has 490 valence electrons. The van der Waals surface area contributed by atoms with Crippen LogP contribution in [-0.4, -0.2) is 56.2 Å². The van der Waals surface area contributed by atoms with Gasteiger partial charge in [-0.3, -0.25) is 0 Å². The molecule has 14 heteroatoms. The summed E-state index contributed by atoms with van der Waals surface area (Å²) in [7, 11) is 1.01. The predicted molar refractivity (Wildman–Crippen MR) is 372 cm³/mol. The van der Waals surface area contributed by atoms with Crippen molar-refractivity contribution < 1.29 is 56.5 Å². The first-order valence-corrected chi connectivity index (χ1v) is 34.8. The number of fused-ring (bicyclic) bond motifs is 2. The monoisotopic (exact) mass is 1270 g/mol. The van der Waals surface area contributed by atoms with Crippen molar-refractivity contribution in [3.05, 3.63) is 105 Å². The number of hydrogen-bond acceptors (Lipinski definition) is 12. The lowest BCUT2D eigenvalue weighted by Gasteiger charge is -2.35. The molecule has 0 aliphatic carbocycles. The fourth-order valence-corrected chi connectivity index (χ4v) is 18.6. The summed E-state index contributed by atoms with van der Waals surface area (Å²) in [5.41, 5.74) is 3.35. The molecule has 0 radical (unpaired) electrons. The van der Waals surface area contributed by atoms with Gasteiger partial charge in [-0.05, 0) is 104 Å². The third-order valence-electron chi connectivity index (χ3n) is 17.6. The van der Waals surface area contributed by atoms with E-state index in [1.165, 1.54) is 0 Å². The molecule has 12 nitrogen and oxygen atoms in total. The van der Waals surface area contributed by atoms with E-state index in [4.69, 9.17) is 47.4 Å². The summed E-state index contributed by atoms with van der Waals surface area (Å²) < 4.78 is 104. The molecule has 2 aliphatic rings. The fraction of sp³-hybridized carbons (Fsp3) is 0.526. The second-order valence-electron chi connectivity index (χ2n) is 32.6. The van der Waals surface area contributed by atoms with Crippen LogP contribution in [0.1, 0.15) is 211 Å². The molecule has 2 aliphatic heterocycles. The SMILES string of the molecule is COc1cc(P(=O)(c2cc(C(C)(C)C)c(OC)c(C(C)(C)C)c2)c2cc(C(C)(C)C)c(OC)c(C(C)(C)C)c2)c(-c2c(P(=O)(c3cc(C(C)(C)C)c(OC)c(C(C)(C)C)c3)c3cc(C(C)(C)C)c(OC)c(C(C)(C)C)c3)cc(OC)c3c2OCO3)c2c1OCO2. The van der Waals surface area contributed by atoms with E-state index in [0.29, 0.717) is 66.0 Å². The zero-order valence-corrected chi connectivity index (χ0v) is 61.8. The van der Waals surface area contributed by atoms with E-state index in [9.17, 15) is 0 Å². The van der Waals surface area contributed by atoms with E-state index >= 15 is 9.13 Å². The summed E-state index contributed by atoms with van der Waals surface area (Å²) in [6.07, 6.45) is 0. The van der Waals surface area contributed by atoms with Crippen LogP contribution in [0.15, 0.2) is 60.7 Å². The summed E-state index contributed by atoms with van der Waals surface area (Å²) in [5.74, 6) is 4.42. The van der Waals surface area contributed by atoms with Gasteiger partial charge in [-0.1, -0.05) is 166 Å². The van der Waals surface area contributed by atoms with E-state index in [0.717, 1.165) is 44.5 Å². The van der Waals surface area contributed by atoms with Gasteiger partial charge in [0, 0.05) is 87.5 Å². The van der Waals surface area contributed by atoms with Crippen molar-refractivity contribution in [2.24, 2.45) is 0 Å². The van der Waals surface area contributed by atoms with E-state index in [-0.39, 0.29) is 48.1 Å². The Balaban J connectivity index is 1.79. The van der Waals surface area contributed by atoms with Gasteiger partial charge in [0.1, 0.15) is 23.0 Å². The van der Waals surface area contributed by atoms with Gasteiger partial charge in [0.25, 0.3) is 0 Å². The Kier molecular flexibility index (Phi) is 18.1. The first-order valence-electron chi connectivity index (χ1n) is 31.4. The standard InChI is InChI=1S/C76H104O12P2/c1-69(2,3)47-31-43(32-48(61(47)81-27)70(4,5)6)89(77,44-33-49(71(7,8)9)62(82-28)50(34-44)72(10,11)12)57-39-55(79-25)65-67(87-41-85-65)59(57)60-58(40-56(80-26)66-68(60)88-42-86-66)90(78,45-35-51(73(13,14)15)63(83-29)52(36-45)74(16,17)18)46-37-53(75(19,20)21)64(84-30)54(38-46)76(22,23)24/h31-40H,41-42H2,1-30H3.